The molecule has 0 bridgehead atoms. The van der Waals surface area contributed by atoms with Crippen molar-refractivity contribution < 1.29 is 4.74 Å². The maximum atomic E-state index is 6.10. The van der Waals surface area contributed by atoms with E-state index in [9.17, 15) is 0 Å². The van der Waals surface area contributed by atoms with Crippen LogP contribution in [0, 0.1) is 0 Å². The summed E-state index contributed by atoms with van der Waals surface area (Å²) < 4.78 is 8.36. The van der Waals surface area contributed by atoms with Gasteiger partial charge in [-0.15, -0.1) is 22.7 Å². The van der Waals surface area contributed by atoms with Crippen molar-refractivity contribution in [2.24, 2.45) is 4.99 Å². The van der Waals surface area contributed by atoms with E-state index in [1.165, 1.54) is 0 Å². The van der Waals surface area contributed by atoms with Gasteiger partial charge in [0.05, 0.1) is 33.2 Å². The summed E-state index contributed by atoms with van der Waals surface area (Å²) in [6.45, 7) is 2.77. The fourth-order valence-electron chi connectivity index (χ4n) is 2.39. The van der Waals surface area contributed by atoms with E-state index in [1.54, 1.807) is 29.8 Å². The standard InChI is InChI=1S/C17H17ClN2OS2/c1-12(10-21-2)20-14(15-8-9-16(18)23-15)11-22-17(20)19-13-6-4-3-5-7-13/h3-9,11-12H,10H2,1-2H3. The molecule has 3 rings (SSSR count). The van der Waals surface area contributed by atoms with Crippen LogP contribution in [0.25, 0.3) is 10.6 Å². The molecule has 3 nitrogen and oxygen atoms in total. The fraction of sp³-hybridized carbons (Fsp3) is 0.235. The molecule has 1 unspecified atom stereocenters. The second-order valence-electron chi connectivity index (χ2n) is 5.13. The van der Waals surface area contributed by atoms with Gasteiger partial charge in [0, 0.05) is 12.5 Å². The van der Waals surface area contributed by atoms with Crippen LogP contribution in [-0.4, -0.2) is 18.3 Å². The van der Waals surface area contributed by atoms with Crippen LogP contribution in [0.15, 0.2) is 52.8 Å². The minimum atomic E-state index is 0.185. The molecule has 0 aliphatic rings. The van der Waals surface area contributed by atoms with E-state index in [0.29, 0.717) is 6.61 Å². The molecule has 0 aliphatic heterocycles. The van der Waals surface area contributed by atoms with Gasteiger partial charge in [-0.2, -0.15) is 0 Å². The number of hydrogen-bond donors (Lipinski definition) is 0. The molecule has 0 spiro atoms. The van der Waals surface area contributed by atoms with Gasteiger partial charge in [0.25, 0.3) is 0 Å². The molecule has 0 aliphatic carbocycles. The number of rotatable bonds is 5. The SMILES string of the molecule is COCC(C)n1c(-c2ccc(Cl)s2)csc1=Nc1ccccc1. The van der Waals surface area contributed by atoms with Crippen molar-refractivity contribution in [2.75, 3.05) is 13.7 Å². The fourth-order valence-corrected chi connectivity index (χ4v) is 4.53. The average molecular weight is 365 g/mol. The van der Waals surface area contributed by atoms with Crippen LogP contribution in [-0.2, 0) is 4.74 Å². The predicted octanol–water partition coefficient (Wildman–Crippen LogP) is 5.37. The minimum absolute atomic E-state index is 0.185. The lowest BCUT2D eigenvalue weighted by Crippen LogP contribution is -2.22. The van der Waals surface area contributed by atoms with Gasteiger partial charge >= 0.3 is 0 Å². The number of thiazole rings is 1. The van der Waals surface area contributed by atoms with Crippen molar-refractivity contribution >= 4 is 40.0 Å². The first-order chi connectivity index (χ1) is 11.2. The number of ether oxygens (including phenoxy) is 1. The number of para-hydroxylation sites is 1. The third-order valence-electron chi connectivity index (χ3n) is 3.40. The van der Waals surface area contributed by atoms with E-state index in [1.807, 2.05) is 36.4 Å². The minimum Gasteiger partial charge on any atom is -0.383 e. The zero-order chi connectivity index (χ0) is 16.2. The van der Waals surface area contributed by atoms with Gasteiger partial charge in [-0.3, -0.25) is 0 Å². The maximum Gasteiger partial charge on any atom is 0.190 e. The van der Waals surface area contributed by atoms with E-state index in [4.69, 9.17) is 21.3 Å². The van der Waals surface area contributed by atoms with Crippen molar-refractivity contribution in [3.63, 3.8) is 0 Å². The number of halogens is 1. The molecule has 0 radical (unpaired) electrons. The largest absolute Gasteiger partial charge is 0.383 e. The van der Waals surface area contributed by atoms with Crippen LogP contribution in [0.2, 0.25) is 4.34 Å². The second-order valence-corrected chi connectivity index (χ2v) is 7.68. The summed E-state index contributed by atoms with van der Waals surface area (Å²) in [5, 5.41) is 2.14. The summed E-state index contributed by atoms with van der Waals surface area (Å²) in [5.74, 6) is 0. The van der Waals surface area contributed by atoms with E-state index >= 15 is 0 Å². The molecule has 0 fully saturated rings. The summed E-state index contributed by atoms with van der Waals surface area (Å²) in [4.78, 5) is 6.90. The molecular formula is C17H17ClN2OS2. The quantitative estimate of drug-likeness (QED) is 0.597. The van der Waals surface area contributed by atoms with Crippen LogP contribution in [0.4, 0.5) is 5.69 Å². The van der Waals surface area contributed by atoms with Crippen LogP contribution >= 0.6 is 34.3 Å². The van der Waals surface area contributed by atoms with Gasteiger partial charge in [0.1, 0.15) is 0 Å². The van der Waals surface area contributed by atoms with Crippen molar-refractivity contribution in [1.82, 2.24) is 4.57 Å². The van der Waals surface area contributed by atoms with E-state index in [-0.39, 0.29) is 6.04 Å². The van der Waals surface area contributed by atoms with Gasteiger partial charge in [-0.1, -0.05) is 29.8 Å². The molecule has 2 aromatic heterocycles. The van der Waals surface area contributed by atoms with Gasteiger partial charge in [-0.25, -0.2) is 4.99 Å². The molecule has 23 heavy (non-hydrogen) atoms. The number of hydrogen-bond acceptors (Lipinski definition) is 4. The third-order valence-corrected chi connectivity index (χ3v) is 5.49. The summed E-state index contributed by atoms with van der Waals surface area (Å²) >= 11 is 9.32. The molecule has 1 aromatic carbocycles. The Morgan fingerprint density at radius 2 is 2.00 bits per heavy atom. The van der Waals surface area contributed by atoms with Gasteiger partial charge < -0.3 is 9.30 Å². The Labute approximate surface area is 148 Å². The first kappa shape index (κ1) is 16.5. The second kappa shape index (κ2) is 7.45. The topological polar surface area (TPSA) is 26.5 Å². The third kappa shape index (κ3) is 3.75. The first-order valence-corrected chi connectivity index (χ1v) is 9.31. The number of nitrogens with zero attached hydrogens (tertiary/aromatic N) is 2. The Hall–Kier alpha value is -1.40. The molecule has 0 amide bonds. The lowest BCUT2D eigenvalue weighted by molar-refractivity contribution is 0.162. The van der Waals surface area contributed by atoms with Gasteiger partial charge in [0.2, 0.25) is 0 Å². The molecule has 0 saturated carbocycles. The van der Waals surface area contributed by atoms with Crippen LogP contribution in [0.3, 0.4) is 0 Å². The Balaban J connectivity index is 2.13. The first-order valence-electron chi connectivity index (χ1n) is 7.23. The van der Waals surface area contributed by atoms with Gasteiger partial charge in [-0.05, 0) is 31.2 Å². The lowest BCUT2D eigenvalue weighted by atomic mass is 10.3. The van der Waals surface area contributed by atoms with Crippen LogP contribution in [0.5, 0.6) is 0 Å². The Kier molecular flexibility index (Phi) is 5.33. The van der Waals surface area contributed by atoms with Gasteiger partial charge in [0.15, 0.2) is 4.80 Å². The highest BCUT2D eigenvalue weighted by Gasteiger charge is 2.15. The van der Waals surface area contributed by atoms with Crippen molar-refractivity contribution in [3.05, 3.63) is 57.0 Å². The highest BCUT2D eigenvalue weighted by Crippen LogP contribution is 2.32. The number of methoxy groups -OCH3 is 1. The number of benzene rings is 1. The van der Waals surface area contributed by atoms with Crippen molar-refractivity contribution in [1.29, 1.82) is 0 Å². The summed E-state index contributed by atoms with van der Waals surface area (Å²) in [7, 11) is 1.72. The Morgan fingerprint density at radius 1 is 1.22 bits per heavy atom. The lowest BCUT2D eigenvalue weighted by Gasteiger charge is -2.15. The number of aromatic nitrogens is 1. The van der Waals surface area contributed by atoms with Crippen LogP contribution in [0.1, 0.15) is 13.0 Å². The molecule has 6 heteroatoms. The van der Waals surface area contributed by atoms with E-state index < -0.39 is 0 Å². The summed E-state index contributed by atoms with van der Waals surface area (Å²) in [6, 6.07) is 14.2. The molecule has 0 N–H and O–H groups in total. The molecule has 120 valence electrons. The average Bonchev–Trinajstić information content (AvgIpc) is 3.15. The Bertz CT molecular complexity index is 836. The van der Waals surface area contributed by atoms with Crippen molar-refractivity contribution in [3.8, 4) is 10.6 Å². The zero-order valence-corrected chi connectivity index (χ0v) is 15.3. The molecule has 1 atom stereocenters. The predicted molar refractivity (Wildman–Crippen MR) is 98.9 cm³/mol. The Morgan fingerprint density at radius 3 is 2.65 bits per heavy atom. The monoisotopic (exact) mass is 364 g/mol. The van der Waals surface area contributed by atoms with Crippen LogP contribution < -0.4 is 4.80 Å². The molecule has 3 aromatic rings. The van der Waals surface area contributed by atoms with E-state index in [2.05, 4.69) is 22.9 Å². The summed E-state index contributed by atoms with van der Waals surface area (Å²) in [6.07, 6.45) is 0. The molecule has 0 saturated heterocycles. The smallest absolute Gasteiger partial charge is 0.190 e. The molecular weight excluding hydrogens is 348 g/mol. The van der Waals surface area contributed by atoms with Crippen molar-refractivity contribution in [2.45, 2.75) is 13.0 Å². The molecule has 2 heterocycles. The maximum absolute atomic E-state index is 6.10. The zero-order valence-electron chi connectivity index (χ0n) is 12.9. The normalized spacial score (nSPS) is 13.4. The highest BCUT2D eigenvalue weighted by molar-refractivity contribution is 7.19. The van der Waals surface area contributed by atoms with E-state index in [0.717, 1.165) is 25.4 Å². The number of thiophene rings is 1. The highest BCUT2D eigenvalue weighted by atomic mass is 35.5. The summed E-state index contributed by atoms with van der Waals surface area (Å²) in [5.41, 5.74) is 2.08.